The lowest BCUT2D eigenvalue weighted by Gasteiger charge is -2.35. The molecule has 0 spiro atoms. The van der Waals surface area contributed by atoms with Gasteiger partial charge in [-0.05, 0) is 31.5 Å². The topological polar surface area (TPSA) is 68.8 Å². The molecule has 162 valence electrons. The van der Waals surface area contributed by atoms with Gasteiger partial charge in [-0.15, -0.1) is 0 Å². The van der Waals surface area contributed by atoms with E-state index in [2.05, 4.69) is 15.2 Å². The summed E-state index contributed by atoms with van der Waals surface area (Å²) in [6, 6.07) is 5.67. The van der Waals surface area contributed by atoms with Crippen molar-refractivity contribution in [2.24, 2.45) is 0 Å². The van der Waals surface area contributed by atoms with Crippen molar-refractivity contribution in [3.63, 3.8) is 0 Å². The van der Waals surface area contributed by atoms with E-state index < -0.39 is 23.3 Å². The van der Waals surface area contributed by atoms with Gasteiger partial charge < -0.3 is 5.11 Å². The average Bonchev–Trinajstić information content (AvgIpc) is 3.35. The van der Waals surface area contributed by atoms with Gasteiger partial charge in [-0.25, -0.2) is 18.4 Å². The van der Waals surface area contributed by atoms with Crippen LogP contribution in [0.1, 0.15) is 31.1 Å². The van der Waals surface area contributed by atoms with E-state index in [1.807, 2.05) is 6.92 Å². The first-order chi connectivity index (χ1) is 14.7. The monoisotopic (exact) mass is 465 g/mol. The van der Waals surface area contributed by atoms with Gasteiger partial charge in [-0.2, -0.15) is 10.2 Å². The molecule has 0 saturated carbocycles. The largest absolute Gasteiger partial charge is 0.381 e. The molecule has 10 heteroatoms. The van der Waals surface area contributed by atoms with Crippen LogP contribution in [0.4, 0.5) is 8.78 Å². The molecule has 0 aliphatic rings. The molecule has 0 bridgehead atoms. The van der Waals surface area contributed by atoms with Crippen LogP contribution >= 0.6 is 23.2 Å². The zero-order valence-corrected chi connectivity index (χ0v) is 18.2. The Bertz CT molecular complexity index is 1240. The summed E-state index contributed by atoms with van der Waals surface area (Å²) >= 11 is 12.4. The highest BCUT2D eigenvalue weighted by Gasteiger charge is 2.41. The van der Waals surface area contributed by atoms with E-state index in [4.69, 9.17) is 23.2 Å². The fourth-order valence-corrected chi connectivity index (χ4v) is 4.12. The molecule has 4 rings (SSSR count). The Labute approximate surface area is 187 Å². The van der Waals surface area contributed by atoms with Crippen LogP contribution in [0.2, 0.25) is 10.0 Å². The van der Waals surface area contributed by atoms with Crippen LogP contribution in [0.15, 0.2) is 43.0 Å². The molecule has 0 fully saturated rings. The lowest BCUT2D eigenvalue weighted by Crippen LogP contribution is -2.41. The molecule has 0 aliphatic heterocycles. The Balaban J connectivity index is 1.92. The van der Waals surface area contributed by atoms with Crippen molar-refractivity contribution in [2.75, 3.05) is 0 Å². The maximum absolute atomic E-state index is 14.8. The molecule has 4 aromatic rings. The fourth-order valence-electron chi connectivity index (χ4n) is 3.80. The number of hydrogen-bond donors (Lipinski definition) is 1. The zero-order chi connectivity index (χ0) is 22.3. The van der Waals surface area contributed by atoms with Crippen LogP contribution < -0.4 is 0 Å². The molecule has 0 amide bonds. The van der Waals surface area contributed by atoms with Crippen LogP contribution in [0.5, 0.6) is 0 Å². The predicted octanol–water partition coefficient (Wildman–Crippen LogP) is 4.92. The van der Waals surface area contributed by atoms with Crippen LogP contribution in [0.25, 0.3) is 10.9 Å². The average molecular weight is 466 g/mol. The van der Waals surface area contributed by atoms with E-state index in [9.17, 15) is 13.9 Å². The second-order valence-corrected chi connectivity index (χ2v) is 8.16. The molecular weight excluding hydrogens is 447 g/mol. The molecule has 2 atom stereocenters. The van der Waals surface area contributed by atoms with Crippen molar-refractivity contribution < 1.29 is 13.9 Å². The third-order valence-electron chi connectivity index (χ3n) is 5.48. The number of hydrogen-bond acceptors (Lipinski definition) is 4. The summed E-state index contributed by atoms with van der Waals surface area (Å²) in [4.78, 5) is 3.89. The summed E-state index contributed by atoms with van der Waals surface area (Å²) in [5, 5.41) is 22.0. The standard InChI is InChI=1S/C21H19Cl2F2N5O/c1-3-19-14-7-16(22)17(23)8-20(14)30(28-19)12(2)21(31,9-29-11-26-10-27-29)15-5-4-13(24)6-18(15)25/h4-8,10-12,31H,3,9H2,1-2H3/t12-,21-/m1/s1. The number of nitrogens with zero attached hydrogens (tertiary/aromatic N) is 5. The summed E-state index contributed by atoms with van der Waals surface area (Å²) in [5.74, 6) is -1.61. The third-order valence-corrected chi connectivity index (χ3v) is 6.21. The quantitative estimate of drug-likeness (QED) is 0.438. The van der Waals surface area contributed by atoms with Gasteiger partial charge in [0, 0.05) is 17.0 Å². The first kappa shape index (κ1) is 21.7. The number of aliphatic hydroxyl groups is 1. The van der Waals surface area contributed by atoms with Gasteiger partial charge in [0.05, 0.1) is 33.8 Å². The van der Waals surface area contributed by atoms with Gasteiger partial charge in [0.2, 0.25) is 0 Å². The minimum absolute atomic E-state index is 0.0846. The van der Waals surface area contributed by atoms with Crippen molar-refractivity contribution in [2.45, 2.75) is 38.5 Å². The minimum atomic E-state index is -1.85. The normalized spacial score (nSPS) is 14.7. The lowest BCUT2D eigenvalue weighted by molar-refractivity contribution is -0.0355. The molecule has 0 aliphatic carbocycles. The Morgan fingerprint density at radius 1 is 1.16 bits per heavy atom. The summed E-state index contributed by atoms with van der Waals surface area (Å²) in [5.41, 5.74) is -0.540. The maximum Gasteiger partial charge on any atom is 0.137 e. The van der Waals surface area contributed by atoms with E-state index in [0.717, 1.165) is 23.2 Å². The molecular formula is C21H19Cl2F2N5O. The molecule has 1 N–H and O–H groups in total. The Morgan fingerprint density at radius 2 is 1.90 bits per heavy atom. The van der Waals surface area contributed by atoms with E-state index in [-0.39, 0.29) is 12.1 Å². The Kier molecular flexibility index (Phi) is 5.72. The van der Waals surface area contributed by atoms with Gasteiger partial charge in [-0.3, -0.25) is 4.68 Å². The van der Waals surface area contributed by atoms with Crippen LogP contribution in [-0.2, 0) is 18.6 Å². The van der Waals surface area contributed by atoms with Gasteiger partial charge in [0.1, 0.15) is 29.9 Å². The molecule has 31 heavy (non-hydrogen) atoms. The van der Waals surface area contributed by atoms with Gasteiger partial charge in [-0.1, -0.05) is 36.2 Å². The molecule has 2 heterocycles. The van der Waals surface area contributed by atoms with E-state index in [1.165, 1.54) is 23.4 Å². The Morgan fingerprint density at radius 3 is 2.55 bits per heavy atom. The summed E-state index contributed by atoms with van der Waals surface area (Å²) in [6.07, 6.45) is 3.33. The molecule has 0 radical (unpaired) electrons. The Hall–Kier alpha value is -2.55. The fraction of sp³-hybridized carbons (Fsp3) is 0.286. The number of aromatic nitrogens is 5. The smallest absolute Gasteiger partial charge is 0.137 e. The molecule has 0 saturated heterocycles. The highest BCUT2D eigenvalue weighted by Crippen LogP contribution is 2.39. The van der Waals surface area contributed by atoms with Crippen molar-refractivity contribution in [3.8, 4) is 0 Å². The summed E-state index contributed by atoms with van der Waals surface area (Å²) in [7, 11) is 0. The highest BCUT2D eigenvalue weighted by atomic mass is 35.5. The summed E-state index contributed by atoms with van der Waals surface area (Å²) in [6.45, 7) is 3.51. The minimum Gasteiger partial charge on any atom is -0.381 e. The first-order valence-corrected chi connectivity index (χ1v) is 10.4. The number of aryl methyl sites for hydroxylation is 1. The van der Waals surface area contributed by atoms with Crippen molar-refractivity contribution in [1.82, 2.24) is 24.5 Å². The van der Waals surface area contributed by atoms with Crippen LogP contribution in [-0.4, -0.2) is 29.7 Å². The first-order valence-electron chi connectivity index (χ1n) is 9.61. The van der Waals surface area contributed by atoms with Crippen molar-refractivity contribution in [1.29, 1.82) is 0 Å². The lowest BCUT2D eigenvalue weighted by atomic mass is 9.86. The zero-order valence-electron chi connectivity index (χ0n) is 16.7. The van der Waals surface area contributed by atoms with Crippen molar-refractivity contribution in [3.05, 3.63) is 75.9 Å². The van der Waals surface area contributed by atoms with Gasteiger partial charge >= 0.3 is 0 Å². The van der Waals surface area contributed by atoms with E-state index >= 15 is 0 Å². The highest BCUT2D eigenvalue weighted by molar-refractivity contribution is 6.42. The number of benzene rings is 2. The molecule has 6 nitrogen and oxygen atoms in total. The number of rotatable bonds is 6. The molecule has 2 aromatic carbocycles. The SMILES string of the molecule is CCc1nn([C@H](C)[C@](O)(Cn2cncn2)c2ccc(F)cc2F)c2cc(Cl)c(Cl)cc12. The summed E-state index contributed by atoms with van der Waals surface area (Å²) < 4.78 is 31.4. The van der Waals surface area contributed by atoms with Crippen LogP contribution in [0.3, 0.4) is 0 Å². The van der Waals surface area contributed by atoms with Crippen molar-refractivity contribution >= 4 is 34.1 Å². The second-order valence-electron chi connectivity index (χ2n) is 7.35. The molecule has 2 aromatic heterocycles. The van der Waals surface area contributed by atoms with Crippen LogP contribution in [0, 0.1) is 11.6 Å². The van der Waals surface area contributed by atoms with Gasteiger partial charge in [0.15, 0.2) is 0 Å². The second kappa shape index (κ2) is 8.18. The van der Waals surface area contributed by atoms with Gasteiger partial charge in [0.25, 0.3) is 0 Å². The molecule has 0 unspecified atom stereocenters. The van der Waals surface area contributed by atoms with E-state index in [1.54, 1.807) is 23.7 Å². The number of halogens is 4. The number of fused-ring (bicyclic) bond motifs is 1. The maximum atomic E-state index is 14.8. The van der Waals surface area contributed by atoms with E-state index in [0.29, 0.717) is 22.0 Å². The predicted molar refractivity (Wildman–Crippen MR) is 114 cm³/mol. The third kappa shape index (κ3) is 3.79.